The fourth-order valence-electron chi connectivity index (χ4n) is 1.59. The summed E-state index contributed by atoms with van der Waals surface area (Å²) in [5, 5.41) is 0. The zero-order valence-corrected chi connectivity index (χ0v) is 11.4. The number of ether oxygens (including phenoxy) is 1. The molecule has 0 saturated carbocycles. The van der Waals surface area contributed by atoms with Crippen LogP contribution in [0.4, 0.5) is 0 Å². The Balaban J connectivity index is 2.89. The first kappa shape index (κ1) is 14.2. The molecule has 0 radical (unpaired) electrons. The molecule has 0 atom stereocenters. The number of carbonyl (C=O) groups excluding carboxylic acids is 1. The van der Waals surface area contributed by atoms with Gasteiger partial charge in [0.25, 0.3) is 0 Å². The first-order valence-electron chi connectivity index (χ1n) is 6.16. The third kappa shape index (κ3) is 4.21. The third-order valence-corrected chi connectivity index (χ3v) is 2.54. The van der Waals surface area contributed by atoms with Crippen LogP contribution in [0.15, 0.2) is 42.5 Å². The maximum atomic E-state index is 11.6. The van der Waals surface area contributed by atoms with Crippen LogP contribution in [0.5, 0.6) is 5.75 Å². The maximum Gasteiger partial charge on any atom is 0.336 e. The zero-order valence-electron chi connectivity index (χ0n) is 11.4. The van der Waals surface area contributed by atoms with Crippen LogP contribution in [0.2, 0.25) is 0 Å². The van der Waals surface area contributed by atoms with Crippen molar-refractivity contribution in [3.05, 3.63) is 53.6 Å². The minimum absolute atomic E-state index is 0.327. The van der Waals surface area contributed by atoms with Crippen molar-refractivity contribution in [2.45, 2.75) is 33.6 Å². The molecule has 96 valence electrons. The third-order valence-electron chi connectivity index (χ3n) is 2.54. The first-order valence-corrected chi connectivity index (χ1v) is 6.16. The van der Waals surface area contributed by atoms with Gasteiger partial charge < -0.3 is 4.74 Å². The number of esters is 1. The van der Waals surface area contributed by atoms with E-state index < -0.39 is 0 Å². The smallest absolute Gasteiger partial charge is 0.336 e. The van der Waals surface area contributed by atoms with Crippen LogP contribution in [0, 0.1) is 6.92 Å². The van der Waals surface area contributed by atoms with Crippen molar-refractivity contribution >= 4 is 5.97 Å². The number of hydrogen-bond donors (Lipinski definition) is 0. The van der Waals surface area contributed by atoms with Gasteiger partial charge in [-0.15, -0.1) is 0 Å². The molecule has 0 fully saturated rings. The van der Waals surface area contributed by atoms with Crippen LogP contribution in [-0.4, -0.2) is 5.97 Å². The molecule has 0 aliphatic rings. The van der Waals surface area contributed by atoms with Crippen molar-refractivity contribution in [3.63, 3.8) is 0 Å². The lowest BCUT2D eigenvalue weighted by atomic mass is 10.0. The molecule has 1 aromatic carbocycles. The highest BCUT2D eigenvalue weighted by Crippen LogP contribution is 2.27. The van der Waals surface area contributed by atoms with Crippen LogP contribution in [0.25, 0.3) is 0 Å². The highest BCUT2D eigenvalue weighted by atomic mass is 16.5. The Hall–Kier alpha value is -1.83. The van der Waals surface area contributed by atoms with E-state index >= 15 is 0 Å². The summed E-state index contributed by atoms with van der Waals surface area (Å²) in [6.07, 6.45) is 6.75. The Morgan fingerprint density at radius 3 is 2.61 bits per heavy atom. The van der Waals surface area contributed by atoms with Gasteiger partial charge in [0.1, 0.15) is 5.75 Å². The maximum absolute atomic E-state index is 11.6. The molecule has 0 saturated heterocycles. The van der Waals surface area contributed by atoms with Gasteiger partial charge in [-0.05, 0) is 37.0 Å². The Bertz CT molecular complexity index is 468. The Morgan fingerprint density at radius 1 is 1.28 bits per heavy atom. The van der Waals surface area contributed by atoms with Gasteiger partial charge in [0.2, 0.25) is 0 Å². The molecule has 0 amide bonds. The highest BCUT2D eigenvalue weighted by Gasteiger charge is 2.10. The summed E-state index contributed by atoms with van der Waals surface area (Å²) in [4.78, 5) is 11.6. The summed E-state index contributed by atoms with van der Waals surface area (Å²) >= 11 is 0. The van der Waals surface area contributed by atoms with Crippen molar-refractivity contribution < 1.29 is 9.53 Å². The van der Waals surface area contributed by atoms with E-state index in [1.54, 1.807) is 12.2 Å². The molecule has 2 heteroatoms. The van der Waals surface area contributed by atoms with Crippen LogP contribution in [0.1, 0.15) is 37.8 Å². The molecule has 1 rings (SSSR count). The zero-order chi connectivity index (χ0) is 13.5. The Labute approximate surface area is 109 Å². The topological polar surface area (TPSA) is 26.3 Å². The average molecular weight is 244 g/mol. The second kappa shape index (κ2) is 6.80. The minimum atomic E-state index is -0.347. The van der Waals surface area contributed by atoms with Gasteiger partial charge in [0.05, 0.1) is 0 Å². The van der Waals surface area contributed by atoms with Gasteiger partial charge >= 0.3 is 5.97 Å². The largest absolute Gasteiger partial charge is 0.423 e. The van der Waals surface area contributed by atoms with Gasteiger partial charge in [-0.25, -0.2) is 4.79 Å². The standard InChI is InChI=1S/C16H20O2/c1-5-6-7-8-16(17)18-15-11-13(4)9-10-14(15)12(2)3/h5-12H,1-4H3/b6-5+,8-7+. The fraction of sp³-hybridized carbons (Fsp3) is 0.312. The summed E-state index contributed by atoms with van der Waals surface area (Å²) < 4.78 is 5.37. The molecule has 1 aromatic rings. The van der Waals surface area contributed by atoms with E-state index in [0.717, 1.165) is 11.1 Å². The molecule has 18 heavy (non-hydrogen) atoms. The van der Waals surface area contributed by atoms with E-state index in [2.05, 4.69) is 13.8 Å². The van der Waals surface area contributed by atoms with Gasteiger partial charge in [-0.2, -0.15) is 0 Å². The van der Waals surface area contributed by atoms with Crippen LogP contribution in [0.3, 0.4) is 0 Å². The van der Waals surface area contributed by atoms with Crippen LogP contribution >= 0.6 is 0 Å². The molecule has 0 aromatic heterocycles. The summed E-state index contributed by atoms with van der Waals surface area (Å²) in [6.45, 7) is 8.04. The Morgan fingerprint density at radius 2 is 2.00 bits per heavy atom. The monoisotopic (exact) mass is 244 g/mol. The molecule has 0 heterocycles. The predicted molar refractivity (Wildman–Crippen MR) is 74.9 cm³/mol. The van der Waals surface area contributed by atoms with E-state index in [-0.39, 0.29) is 5.97 Å². The number of benzene rings is 1. The summed E-state index contributed by atoms with van der Waals surface area (Å²) in [5.74, 6) is 0.633. The second-order valence-corrected chi connectivity index (χ2v) is 4.50. The van der Waals surface area contributed by atoms with E-state index in [4.69, 9.17) is 4.74 Å². The van der Waals surface area contributed by atoms with Crippen molar-refractivity contribution in [3.8, 4) is 5.75 Å². The minimum Gasteiger partial charge on any atom is -0.423 e. The van der Waals surface area contributed by atoms with E-state index in [0.29, 0.717) is 11.7 Å². The molecular formula is C16H20O2. The number of rotatable bonds is 4. The molecule has 0 spiro atoms. The molecule has 0 aliphatic carbocycles. The van der Waals surface area contributed by atoms with Crippen molar-refractivity contribution in [2.75, 3.05) is 0 Å². The van der Waals surface area contributed by atoms with Gasteiger partial charge in [-0.3, -0.25) is 0 Å². The highest BCUT2D eigenvalue weighted by molar-refractivity contribution is 5.84. The lowest BCUT2D eigenvalue weighted by Gasteiger charge is -2.12. The molecule has 0 bridgehead atoms. The summed E-state index contributed by atoms with van der Waals surface area (Å²) in [7, 11) is 0. The number of carbonyl (C=O) groups is 1. The summed E-state index contributed by atoms with van der Waals surface area (Å²) in [5.41, 5.74) is 2.13. The van der Waals surface area contributed by atoms with E-state index in [1.165, 1.54) is 6.08 Å². The molecule has 0 unspecified atom stereocenters. The van der Waals surface area contributed by atoms with Gasteiger partial charge in [0.15, 0.2) is 0 Å². The molecule has 2 nitrogen and oxygen atoms in total. The lowest BCUT2D eigenvalue weighted by Crippen LogP contribution is -2.06. The van der Waals surface area contributed by atoms with Crippen molar-refractivity contribution in [1.82, 2.24) is 0 Å². The quantitative estimate of drug-likeness (QED) is 0.344. The predicted octanol–water partition coefficient (Wildman–Crippen LogP) is 4.16. The SMILES string of the molecule is C/C=C/C=C/C(=O)Oc1cc(C)ccc1C(C)C. The average Bonchev–Trinajstić information content (AvgIpc) is 2.29. The number of hydrogen-bond acceptors (Lipinski definition) is 2. The van der Waals surface area contributed by atoms with Gasteiger partial charge in [0, 0.05) is 6.08 Å². The van der Waals surface area contributed by atoms with E-state index in [1.807, 2.05) is 38.1 Å². The van der Waals surface area contributed by atoms with Crippen LogP contribution in [-0.2, 0) is 4.79 Å². The summed E-state index contributed by atoms with van der Waals surface area (Å²) in [6, 6.07) is 5.94. The fourth-order valence-corrected chi connectivity index (χ4v) is 1.59. The number of aryl methyl sites for hydroxylation is 1. The lowest BCUT2D eigenvalue weighted by molar-refractivity contribution is -0.129. The second-order valence-electron chi connectivity index (χ2n) is 4.50. The number of allylic oxidation sites excluding steroid dienone is 3. The molecule has 0 aliphatic heterocycles. The van der Waals surface area contributed by atoms with Gasteiger partial charge in [-0.1, -0.05) is 44.2 Å². The first-order chi connectivity index (χ1) is 8.54. The normalized spacial score (nSPS) is 11.6. The Kier molecular flexibility index (Phi) is 5.37. The molecular weight excluding hydrogens is 224 g/mol. The van der Waals surface area contributed by atoms with E-state index in [9.17, 15) is 4.79 Å². The molecule has 0 N–H and O–H groups in total. The van der Waals surface area contributed by atoms with Crippen molar-refractivity contribution in [2.24, 2.45) is 0 Å². The van der Waals surface area contributed by atoms with Crippen molar-refractivity contribution in [1.29, 1.82) is 0 Å². The van der Waals surface area contributed by atoms with Crippen LogP contribution < -0.4 is 4.74 Å².